The molecule has 2 aliphatic rings. The van der Waals surface area contributed by atoms with Crippen LogP contribution in [0.4, 0.5) is 4.39 Å². The molecule has 2 heterocycles. The van der Waals surface area contributed by atoms with Gasteiger partial charge in [-0.3, -0.25) is 14.1 Å². The third-order valence-corrected chi connectivity index (χ3v) is 8.41. The maximum Gasteiger partial charge on any atom is 0.459 e. The number of carbonyl (C=O) groups is 2. The Hall–Kier alpha value is -2.99. The van der Waals surface area contributed by atoms with E-state index in [1.165, 1.54) is 31.0 Å². The van der Waals surface area contributed by atoms with Crippen LogP contribution in [0, 0.1) is 0 Å². The summed E-state index contributed by atoms with van der Waals surface area (Å²) in [5.74, 6) is -4.04. The number of alkyl halides is 2. The van der Waals surface area contributed by atoms with Crippen molar-refractivity contribution in [3.05, 3.63) is 67.1 Å². The molecule has 41 heavy (non-hydrogen) atoms. The highest BCUT2D eigenvalue weighted by Crippen LogP contribution is 2.51. The molecule has 11 nitrogen and oxygen atoms in total. The van der Waals surface area contributed by atoms with Crippen molar-refractivity contribution in [1.82, 2.24) is 15.3 Å². The topological polar surface area (TPSA) is 136 Å². The third-order valence-electron chi connectivity index (χ3n) is 6.41. The number of benzene rings is 2. The minimum Gasteiger partial charge on any atom is -0.462 e. The lowest BCUT2D eigenvalue weighted by Crippen LogP contribution is -2.51. The molecule has 2 aliphatic heterocycles. The first-order valence-electron chi connectivity index (χ1n) is 12.8. The van der Waals surface area contributed by atoms with Crippen LogP contribution >= 0.6 is 19.3 Å². The number of nitrogens with zero attached hydrogens (tertiary/aromatic N) is 1. The fourth-order valence-corrected chi connectivity index (χ4v) is 6.20. The molecule has 1 fully saturated rings. The largest absolute Gasteiger partial charge is 0.462 e. The van der Waals surface area contributed by atoms with E-state index in [-0.39, 0.29) is 11.6 Å². The zero-order valence-corrected chi connectivity index (χ0v) is 24.5. The van der Waals surface area contributed by atoms with Crippen molar-refractivity contribution in [1.29, 1.82) is 0 Å². The van der Waals surface area contributed by atoms with Crippen LogP contribution in [0.5, 0.6) is 5.75 Å². The van der Waals surface area contributed by atoms with Gasteiger partial charge in [-0.15, -0.1) is 11.6 Å². The second kappa shape index (κ2) is 11.7. The van der Waals surface area contributed by atoms with Crippen molar-refractivity contribution in [3.8, 4) is 5.75 Å². The number of amides is 1. The Kier molecular flexibility index (Phi) is 8.84. The second-order valence-corrected chi connectivity index (χ2v) is 12.7. The SMILES string of the molecule is C=C1NC(=O)C=CN1[C@@H]1O[C@](F)(COP(=O)(NC(C)C(=O)OC(C)C)Oc2cccc3ccccc23)[C@@H](O)[C@@]1(C)Cl. The minimum atomic E-state index is -4.56. The first kappa shape index (κ1) is 31.0. The Morgan fingerprint density at radius 3 is 2.66 bits per heavy atom. The standard InChI is InChI=1S/C27H32ClFN3O8P/c1-16(2)38-23(34)17(3)31-41(36,40-21-12-8-10-19-9-6-7-11-20(19)21)37-15-27(29)24(35)26(5,28)25(39-27)32-14-13-22(33)30-18(32)4/h6-14,16-17,24-25,35H,4,15H2,1-3,5H3,(H,30,33)(H,31,36)/t17?,24-,25+,26+,27+,41?/m0/s1. The van der Waals surface area contributed by atoms with E-state index in [1.54, 1.807) is 32.0 Å². The first-order chi connectivity index (χ1) is 19.1. The second-order valence-electron chi connectivity index (χ2n) is 10.1. The van der Waals surface area contributed by atoms with Gasteiger partial charge in [0.2, 0.25) is 0 Å². The average molecular weight is 612 g/mol. The molecule has 3 N–H and O–H groups in total. The predicted octanol–water partition coefficient (Wildman–Crippen LogP) is 4.07. The van der Waals surface area contributed by atoms with Crippen molar-refractivity contribution in [2.45, 2.75) is 62.9 Å². The molecule has 0 radical (unpaired) electrons. The van der Waals surface area contributed by atoms with Crippen molar-refractivity contribution in [2.75, 3.05) is 6.61 Å². The van der Waals surface area contributed by atoms with E-state index in [1.807, 2.05) is 18.2 Å². The van der Waals surface area contributed by atoms with E-state index in [0.29, 0.717) is 5.39 Å². The van der Waals surface area contributed by atoms with Crippen molar-refractivity contribution >= 4 is 42.0 Å². The maximum absolute atomic E-state index is 16.3. The van der Waals surface area contributed by atoms with Crippen molar-refractivity contribution in [3.63, 3.8) is 0 Å². The summed E-state index contributed by atoms with van der Waals surface area (Å²) in [6.07, 6.45) is -1.38. The molecule has 4 rings (SSSR count). The molecule has 0 spiro atoms. The van der Waals surface area contributed by atoms with Gasteiger partial charge >= 0.3 is 13.7 Å². The Balaban J connectivity index is 1.61. The number of rotatable bonds is 10. The normalized spacial score (nSPS) is 28.4. The maximum atomic E-state index is 16.3. The fraction of sp³-hybridized carbons (Fsp3) is 0.407. The lowest BCUT2D eigenvalue weighted by molar-refractivity contribution is -0.206. The highest BCUT2D eigenvalue weighted by molar-refractivity contribution is 7.52. The number of fused-ring (bicyclic) bond motifs is 1. The van der Waals surface area contributed by atoms with E-state index < -0.39 is 61.4 Å². The molecule has 6 atom stereocenters. The van der Waals surface area contributed by atoms with Gasteiger partial charge in [0.1, 0.15) is 35.2 Å². The Labute approximate surface area is 241 Å². The molecule has 0 aromatic heterocycles. The molecule has 1 saturated heterocycles. The molecule has 0 aliphatic carbocycles. The summed E-state index contributed by atoms with van der Waals surface area (Å²) in [7, 11) is -4.56. The predicted molar refractivity (Wildman–Crippen MR) is 149 cm³/mol. The van der Waals surface area contributed by atoms with Gasteiger partial charge in [0, 0.05) is 17.7 Å². The fourth-order valence-electron chi connectivity index (χ4n) is 4.36. The molecule has 2 aromatic rings. The monoisotopic (exact) mass is 611 g/mol. The molecule has 1 amide bonds. The van der Waals surface area contributed by atoms with Crippen molar-refractivity contribution in [2.24, 2.45) is 0 Å². The van der Waals surface area contributed by atoms with E-state index in [2.05, 4.69) is 17.0 Å². The molecule has 0 saturated carbocycles. The Morgan fingerprint density at radius 2 is 1.98 bits per heavy atom. The summed E-state index contributed by atoms with van der Waals surface area (Å²) in [5.41, 5.74) is 0. The molecular weight excluding hydrogens is 580 g/mol. The van der Waals surface area contributed by atoms with E-state index in [0.717, 1.165) is 11.5 Å². The third kappa shape index (κ3) is 6.58. The molecule has 14 heteroatoms. The zero-order valence-electron chi connectivity index (χ0n) is 22.9. The highest BCUT2D eigenvalue weighted by Gasteiger charge is 2.64. The first-order valence-corrected chi connectivity index (χ1v) is 14.7. The minimum absolute atomic E-state index is 0.0378. The summed E-state index contributed by atoms with van der Waals surface area (Å²) < 4.78 is 52.4. The summed E-state index contributed by atoms with van der Waals surface area (Å²) in [6, 6.07) is 10.9. The van der Waals surface area contributed by atoms with Gasteiger partial charge < -0.3 is 29.3 Å². The van der Waals surface area contributed by atoms with Crippen LogP contribution < -0.4 is 14.9 Å². The number of nitrogens with one attached hydrogen (secondary N) is 2. The van der Waals surface area contributed by atoms with E-state index >= 15 is 4.39 Å². The van der Waals surface area contributed by atoms with E-state index in [9.17, 15) is 19.3 Å². The van der Waals surface area contributed by atoms with Crippen molar-refractivity contribution < 1.29 is 42.2 Å². The lowest BCUT2D eigenvalue weighted by Gasteiger charge is -2.36. The van der Waals surface area contributed by atoms with Gasteiger partial charge in [-0.1, -0.05) is 43.0 Å². The number of carbonyl (C=O) groups excluding carboxylic acids is 2. The van der Waals surface area contributed by atoms with Gasteiger partial charge in [0.05, 0.1) is 6.10 Å². The summed E-state index contributed by atoms with van der Waals surface area (Å²) in [4.78, 5) is 23.6. The number of halogens is 2. The average Bonchev–Trinajstić information content (AvgIpc) is 3.07. The number of hydrogen-bond acceptors (Lipinski definition) is 9. The van der Waals surface area contributed by atoms with Crippen LogP contribution in [0.2, 0.25) is 0 Å². The van der Waals surface area contributed by atoms with Crippen LogP contribution in [0.25, 0.3) is 10.8 Å². The lowest BCUT2D eigenvalue weighted by atomic mass is 9.99. The Morgan fingerprint density at radius 1 is 1.29 bits per heavy atom. The highest BCUT2D eigenvalue weighted by atomic mass is 35.5. The summed E-state index contributed by atoms with van der Waals surface area (Å²) in [6.45, 7) is 8.60. The number of ether oxygens (including phenoxy) is 2. The molecular formula is C27H32ClFN3O8P. The molecule has 2 aromatic carbocycles. The van der Waals surface area contributed by atoms with Gasteiger partial charge in [-0.05, 0) is 39.1 Å². The molecule has 222 valence electrons. The van der Waals surface area contributed by atoms with Gasteiger partial charge in [0.15, 0.2) is 6.23 Å². The van der Waals surface area contributed by atoms with Crippen LogP contribution in [-0.4, -0.2) is 63.7 Å². The summed E-state index contributed by atoms with van der Waals surface area (Å²) in [5, 5.41) is 17.2. The number of aliphatic hydroxyl groups is 1. The number of hydrogen-bond donors (Lipinski definition) is 3. The Bertz CT molecular complexity index is 1420. The van der Waals surface area contributed by atoms with Crippen LogP contribution in [0.15, 0.2) is 67.1 Å². The number of esters is 1. The van der Waals surface area contributed by atoms with E-state index in [4.69, 9.17) is 30.1 Å². The number of aliphatic hydroxyl groups excluding tert-OH is 1. The van der Waals surface area contributed by atoms with Crippen LogP contribution in [-0.2, 0) is 28.2 Å². The molecule has 2 unspecified atom stereocenters. The smallest absolute Gasteiger partial charge is 0.459 e. The van der Waals surface area contributed by atoms with Gasteiger partial charge in [0.25, 0.3) is 11.8 Å². The zero-order chi connectivity index (χ0) is 30.2. The van der Waals surface area contributed by atoms with Crippen LogP contribution in [0.1, 0.15) is 27.7 Å². The molecule has 0 bridgehead atoms. The summed E-state index contributed by atoms with van der Waals surface area (Å²) >= 11 is 6.55. The quantitative estimate of drug-likeness (QED) is 0.205. The van der Waals surface area contributed by atoms with Crippen LogP contribution in [0.3, 0.4) is 0 Å². The van der Waals surface area contributed by atoms with Gasteiger partial charge in [-0.25, -0.2) is 8.96 Å². The van der Waals surface area contributed by atoms with Gasteiger partial charge in [-0.2, -0.15) is 5.09 Å².